The molecular formula is C11H14O. The smallest absolute Gasteiger partial charge is 0.115 e. The van der Waals surface area contributed by atoms with Gasteiger partial charge in [0.1, 0.15) is 5.75 Å². The van der Waals surface area contributed by atoms with Gasteiger partial charge < -0.3 is 5.11 Å². The average molecular weight is 162 g/mol. The summed E-state index contributed by atoms with van der Waals surface area (Å²) in [4.78, 5) is 0. The van der Waals surface area contributed by atoms with Crippen molar-refractivity contribution < 1.29 is 5.11 Å². The minimum atomic E-state index is 0.345. The van der Waals surface area contributed by atoms with E-state index in [0.717, 1.165) is 18.4 Å². The van der Waals surface area contributed by atoms with Crippen LogP contribution in [0.4, 0.5) is 0 Å². The van der Waals surface area contributed by atoms with Crippen LogP contribution >= 0.6 is 0 Å². The van der Waals surface area contributed by atoms with Crippen LogP contribution in [0.15, 0.2) is 36.4 Å². The van der Waals surface area contributed by atoms with E-state index in [1.165, 1.54) is 0 Å². The van der Waals surface area contributed by atoms with Gasteiger partial charge in [0, 0.05) is 0 Å². The van der Waals surface area contributed by atoms with E-state index in [9.17, 15) is 0 Å². The van der Waals surface area contributed by atoms with Crippen LogP contribution in [0.1, 0.15) is 18.9 Å². The second-order valence-electron chi connectivity index (χ2n) is 2.75. The summed E-state index contributed by atoms with van der Waals surface area (Å²) in [5.41, 5.74) is 1.15. The highest BCUT2D eigenvalue weighted by molar-refractivity contribution is 5.28. The maximum absolute atomic E-state index is 9.15. The zero-order valence-electron chi connectivity index (χ0n) is 7.33. The lowest BCUT2D eigenvalue weighted by Gasteiger charge is -1.96. The van der Waals surface area contributed by atoms with Gasteiger partial charge in [-0.3, -0.25) is 0 Å². The van der Waals surface area contributed by atoms with Gasteiger partial charge in [-0.15, -0.1) is 0 Å². The molecule has 0 atom stereocenters. The first kappa shape index (κ1) is 8.85. The van der Waals surface area contributed by atoms with Crippen molar-refractivity contribution in [1.82, 2.24) is 0 Å². The Hall–Kier alpha value is -1.24. The number of hydrogen-bond donors (Lipinski definition) is 1. The molecule has 1 aromatic carbocycles. The third-order valence-electron chi connectivity index (χ3n) is 1.67. The van der Waals surface area contributed by atoms with E-state index in [-0.39, 0.29) is 0 Å². The highest BCUT2D eigenvalue weighted by Gasteiger charge is 1.90. The van der Waals surface area contributed by atoms with Crippen LogP contribution in [0.2, 0.25) is 0 Å². The molecule has 0 aliphatic rings. The standard InChI is InChI=1S/C11H14O/c1-2-3-4-6-10-7-5-8-11(12)9-10/h3-5,7-9,12H,2,6H2,1H3/b4-3-. The van der Waals surface area contributed by atoms with Gasteiger partial charge in [-0.2, -0.15) is 0 Å². The Kier molecular flexibility index (Phi) is 3.39. The minimum absolute atomic E-state index is 0.345. The normalized spacial score (nSPS) is 10.8. The van der Waals surface area contributed by atoms with Crippen molar-refractivity contribution >= 4 is 0 Å². The van der Waals surface area contributed by atoms with Crippen molar-refractivity contribution in [2.24, 2.45) is 0 Å². The fourth-order valence-corrected chi connectivity index (χ4v) is 1.07. The van der Waals surface area contributed by atoms with Crippen LogP contribution in [-0.4, -0.2) is 5.11 Å². The Bertz CT molecular complexity index is 263. The predicted octanol–water partition coefficient (Wildman–Crippen LogP) is 2.90. The van der Waals surface area contributed by atoms with E-state index in [1.54, 1.807) is 12.1 Å². The van der Waals surface area contributed by atoms with E-state index in [2.05, 4.69) is 19.1 Å². The summed E-state index contributed by atoms with van der Waals surface area (Å²) < 4.78 is 0. The van der Waals surface area contributed by atoms with Crippen LogP contribution in [0.3, 0.4) is 0 Å². The molecule has 12 heavy (non-hydrogen) atoms. The van der Waals surface area contributed by atoms with Crippen molar-refractivity contribution in [2.45, 2.75) is 19.8 Å². The summed E-state index contributed by atoms with van der Waals surface area (Å²) in [6.07, 6.45) is 6.22. The highest BCUT2D eigenvalue weighted by atomic mass is 16.3. The van der Waals surface area contributed by atoms with E-state index in [4.69, 9.17) is 5.11 Å². The molecule has 0 saturated carbocycles. The van der Waals surface area contributed by atoms with Gasteiger partial charge in [-0.25, -0.2) is 0 Å². The molecule has 0 aliphatic heterocycles. The molecule has 1 N–H and O–H groups in total. The Labute approximate surface area is 73.4 Å². The van der Waals surface area contributed by atoms with E-state index >= 15 is 0 Å². The number of phenols is 1. The Morgan fingerprint density at radius 1 is 1.33 bits per heavy atom. The lowest BCUT2D eigenvalue weighted by atomic mass is 10.1. The molecule has 0 saturated heterocycles. The predicted molar refractivity (Wildman–Crippen MR) is 51.2 cm³/mol. The molecule has 0 aromatic heterocycles. The Balaban J connectivity index is 2.57. The summed E-state index contributed by atoms with van der Waals surface area (Å²) in [5, 5.41) is 9.15. The molecule has 0 heterocycles. The number of aromatic hydroxyl groups is 1. The number of benzene rings is 1. The van der Waals surface area contributed by atoms with Crippen molar-refractivity contribution in [1.29, 1.82) is 0 Å². The summed E-state index contributed by atoms with van der Waals surface area (Å²) >= 11 is 0. The third kappa shape index (κ3) is 2.79. The molecule has 1 aromatic rings. The average Bonchev–Trinajstić information content (AvgIpc) is 2.05. The van der Waals surface area contributed by atoms with Gasteiger partial charge >= 0.3 is 0 Å². The molecule has 0 unspecified atom stereocenters. The molecule has 0 spiro atoms. The molecule has 1 heteroatoms. The molecule has 0 amide bonds. The summed E-state index contributed by atoms with van der Waals surface area (Å²) in [5.74, 6) is 0.345. The van der Waals surface area contributed by atoms with Gasteiger partial charge in [-0.05, 0) is 30.5 Å². The van der Waals surface area contributed by atoms with Crippen LogP contribution in [0, 0.1) is 0 Å². The van der Waals surface area contributed by atoms with E-state index in [0.29, 0.717) is 5.75 Å². The van der Waals surface area contributed by atoms with E-state index < -0.39 is 0 Å². The number of rotatable bonds is 3. The van der Waals surface area contributed by atoms with Crippen molar-refractivity contribution in [3.8, 4) is 5.75 Å². The van der Waals surface area contributed by atoms with Gasteiger partial charge in [0.2, 0.25) is 0 Å². The van der Waals surface area contributed by atoms with Crippen LogP contribution in [0.25, 0.3) is 0 Å². The number of phenolic OH excluding ortho intramolecular Hbond substituents is 1. The maximum atomic E-state index is 9.15. The topological polar surface area (TPSA) is 20.2 Å². The fourth-order valence-electron chi connectivity index (χ4n) is 1.07. The Morgan fingerprint density at radius 2 is 2.17 bits per heavy atom. The lowest BCUT2D eigenvalue weighted by Crippen LogP contribution is -1.78. The molecule has 0 radical (unpaired) electrons. The largest absolute Gasteiger partial charge is 0.508 e. The molecule has 0 aliphatic carbocycles. The quantitative estimate of drug-likeness (QED) is 0.677. The molecule has 1 nitrogen and oxygen atoms in total. The number of hydrogen-bond acceptors (Lipinski definition) is 1. The van der Waals surface area contributed by atoms with Gasteiger partial charge in [0.15, 0.2) is 0 Å². The molecule has 1 rings (SSSR count). The van der Waals surface area contributed by atoms with Crippen molar-refractivity contribution in [3.05, 3.63) is 42.0 Å². The number of allylic oxidation sites excluding steroid dienone is 2. The summed E-state index contributed by atoms with van der Waals surface area (Å²) in [6.45, 7) is 2.11. The summed E-state index contributed by atoms with van der Waals surface area (Å²) in [6, 6.07) is 7.36. The first-order chi connectivity index (χ1) is 5.83. The molecule has 0 fully saturated rings. The van der Waals surface area contributed by atoms with E-state index in [1.807, 2.05) is 12.1 Å². The first-order valence-corrected chi connectivity index (χ1v) is 4.26. The van der Waals surface area contributed by atoms with Crippen LogP contribution < -0.4 is 0 Å². The second-order valence-corrected chi connectivity index (χ2v) is 2.75. The van der Waals surface area contributed by atoms with Crippen molar-refractivity contribution in [3.63, 3.8) is 0 Å². The lowest BCUT2D eigenvalue weighted by molar-refractivity contribution is 0.474. The SMILES string of the molecule is CC/C=C\Cc1cccc(O)c1. The zero-order chi connectivity index (χ0) is 8.81. The molecule has 0 bridgehead atoms. The van der Waals surface area contributed by atoms with Crippen LogP contribution in [0.5, 0.6) is 5.75 Å². The highest BCUT2D eigenvalue weighted by Crippen LogP contribution is 2.11. The second kappa shape index (κ2) is 4.60. The maximum Gasteiger partial charge on any atom is 0.115 e. The molecule has 64 valence electrons. The van der Waals surface area contributed by atoms with Gasteiger partial charge in [0.25, 0.3) is 0 Å². The van der Waals surface area contributed by atoms with Gasteiger partial charge in [-0.1, -0.05) is 31.2 Å². The van der Waals surface area contributed by atoms with Gasteiger partial charge in [0.05, 0.1) is 0 Å². The molecular weight excluding hydrogens is 148 g/mol. The third-order valence-corrected chi connectivity index (χ3v) is 1.67. The van der Waals surface area contributed by atoms with Crippen LogP contribution in [-0.2, 0) is 6.42 Å². The monoisotopic (exact) mass is 162 g/mol. The minimum Gasteiger partial charge on any atom is -0.508 e. The summed E-state index contributed by atoms with van der Waals surface area (Å²) in [7, 11) is 0. The fraction of sp³-hybridized carbons (Fsp3) is 0.273. The zero-order valence-corrected chi connectivity index (χ0v) is 7.33. The Morgan fingerprint density at radius 3 is 2.83 bits per heavy atom. The van der Waals surface area contributed by atoms with Crippen molar-refractivity contribution in [2.75, 3.05) is 0 Å². The first-order valence-electron chi connectivity index (χ1n) is 4.26.